The first-order valence-corrected chi connectivity index (χ1v) is 4.24. The van der Waals surface area contributed by atoms with Gasteiger partial charge < -0.3 is 4.98 Å². The number of aryl methyl sites for hydroxylation is 1. The lowest BCUT2D eigenvalue weighted by Crippen LogP contribution is -1.75. The zero-order valence-corrected chi connectivity index (χ0v) is 9.09. The van der Waals surface area contributed by atoms with Crippen molar-refractivity contribution in [2.45, 2.75) is 6.92 Å². The fraction of sp³-hybridized carbons (Fsp3) is 0.125. The summed E-state index contributed by atoms with van der Waals surface area (Å²) in [5.41, 5.74) is 2.73. The molecule has 13 heavy (non-hydrogen) atoms. The van der Waals surface area contributed by atoms with Gasteiger partial charge in [-0.2, -0.15) is 0 Å². The number of fused-ring (bicyclic) bond motifs is 1. The third-order valence-corrected chi connectivity index (χ3v) is 2.32. The van der Waals surface area contributed by atoms with E-state index in [4.69, 9.17) is 23.2 Å². The van der Waals surface area contributed by atoms with E-state index in [9.17, 15) is 0 Å². The molecular formula is C8H7Cl3N2. The Morgan fingerprint density at radius 2 is 2.00 bits per heavy atom. The number of aromatic nitrogens is 2. The van der Waals surface area contributed by atoms with Gasteiger partial charge in [0.05, 0.1) is 11.0 Å². The third kappa shape index (κ3) is 1.90. The number of nitrogens with one attached hydrogen (secondary N) is 1. The molecule has 5 heteroatoms. The average Bonchev–Trinajstić information content (AvgIpc) is 2.30. The summed E-state index contributed by atoms with van der Waals surface area (Å²) in [7, 11) is 0. The first-order chi connectivity index (χ1) is 5.66. The van der Waals surface area contributed by atoms with Crippen LogP contribution in [0.2, 0.25) is 10.3 Å². The molecule has 2 aromatic rings. The maximum Gasteiger partial charge on any atom is 0.201 e. The number of hydrogen-bond acceptors (Lipinski definition) is 1. The largest absolute Gasteiger partial charge is 0.329 e. The quantitative estimate of drug-likeness (QED) is 0.745. The minimum absolute atomic E-state index is 0. The maximum absolute atomic E-state index is 5.91. The predicted octanol–water partition coefficient (Wildman–Crippen LogP) is 3.60. The van der Waals surface area contributed by atoms with Gasteiger partial charge in [0.25, 0.3) is 0 Å². The van der Waals surface area contributed by atoms with Gasteiger partial charge in [-0.3, -0.25) is 0 Å². The van der Waals surface area contributed by atoms with Crippen LogP contribution in [0.15, 0.2) is 12.1 Å². The number of imidazole rings is 1. The van der Waals surface area contributed by atoms with E-state index in [1.807, 2.05) is 19.1 Å². The molecule has 2 nitrogen and oxygen atoms in total. The molecular weight excluding hydrogens is 230 g/mol. The summed E-state index contributed by atoms with van der Waals surface area (Å²) >= 11 is 11.6. The molecule has 1 N–H and O–H groups in total. The molecule has 0 atom stereocenters. The number of aromatic amines is 1. The Labute approximate surface area is 91.7 Å². The summed E-state index contributed by atoms with van der Waals surface area (Å²) in [6.07, 6.45) is 0. The van der Waals surface area contributed by atoms with Crippen molar-refractivity contribution < 1.29 is 0 Å². The smallest absolute Gasteiger partial charge is 0.201 e. The molecule has 1 aromatic carbocycles. The molecule has 0 aliphatic carbocycles. The van der Waals surface area contributed by atoms with Crippen LogP contribution in [0.4, 0.5) is 0 Å². The molecule has 0 saturated heterocycles. The summed E-state index contributed by atoms with van der Waals surface area (Å²) < 4.78 is 0. The highest BCUT2D eigenvalue weighted by atomic mass is 35.5. The average molecular weight is 238 g/mol. The van der Waals surface area contributed by atoms with E-state index in [1.165, 1.54) is 0 Å². The Morgan fingerprint density at radius 3 is 2.69 bits per heavy atom. The van der Waals surface area contributed by atoms with Crippen LogP contribution in [0.3, 0.4) is 0 Å². The van der Waals surface area contributed by atoms with Crippen molar-refractivity contribution in [1.82, 2.24) is 9.97 Å². The SMILES string of the molecule is Cc1cc2nc(Cl)[nH]c2cc1Cl.Cl. The van der Waals surface area contributed by atoms with E-state index in [2.05, 4.69) is 9.97 Å². The van der Waals surface area contributed by atoms with Crippen molar-refractivity contribution >= 4 is 46.6 Å². The molecule has 0 unspecified atom stereocenters. The van der Waals surface area contributed by atoms with Crippen molar-refractivity contribution in [3.05, 3.63) is 28.0 Å². The van der Waals surface area contributed by atoms with Gasteiger partial charge >= 0.3 is 0 Å². The van der Waals surface area contributed by atoms with Crippen LogP contribution < -0.4 is 0 Å². The minimum Gasteiger partial charge on any atom is -0.329 e. The predicted molar refractivity (Wildman–Crippen MR) is 58.1 cm³/mol. The van der Waals surface area contributed by atoms with Gasteiger partial charge in [-0.15, -0.1) is 12.4 Å². The fourth-order valence-corrected chi connectivity index (χ4v) is 1.46. The van der Waals surface area contributed by atoms with Crippen LogP contribution in [0.1, 0.15) is 5.56 Å². The number of H-pyrrole nitrogens is 1. The van der Waals surface area contributed by atoms with Gasteiger partial charge in [0.15, 0.2) is 0 Å². The van der Waals surface area contributed by atoms with Crippen LogP contribution in [0.5, 0.6) is 0 Å². The summed E-state index contributed by atoms with van der Waals surface area (Å²) in [5.74, 6) is 0. The summed E-state index contributed by atoms with van der Waals surface area (Å²) in [6, 6.07) is 3.73. The van der Waals surface area contributed by atoms with Gasteiger partial charge in [0, 0.05) is 5.02 Å². The molecule has 0 spiro atoms. The first-order valence-electron chi connectivity index (χ1n) is 3.48. The van der Waals surface area contributed by atoms with Gasteiger partial charge in [-0.25, -0.2) is 4.98 Å². The van der Waals surface area contributed by atoms with Crippen molar-refractivity contribution in [2.24, 2.45) is 0 Å². The topological polar surface area (TPSA) is 28.7 Å². The van der Waals surface area contributed by atoms with E-state index >= 15 is 0 Å². The number of halogens is 3. The van der Waals surface area contributed by atoms with Crippen molar-refractivity contribution in [1.29, 1.82) is 0 Å². The normalized spacial score (nSPS) is 10.1. The molecule has 0 fully saturated rings. The molecule has 0 bridgehead atoms. The van der Waals surface area contributed by atoms with E-state index in [0.717, 1.165) is 21.6 Å². The molecule has 70 valence electrons. The number of nitrogens with zero attached hydrogens (tertiary/aromatic N) is 1. The molecule has 0 saturated carbocycles. The fourth-order valence-electron chi connectivity index (χ4n) is 1.10. The number of hydrogen-bond donors (Lipinski definition) is 1. The lowest BCUT2D eigenvalue weighted by atomic mass is 10.2. The lowest BCUT2D eigenvalue weighted by Gasteiger charge is -1.95. The van der Waals surface area contributed by atoms with E-state index < -0.39 is 0 Å². The van der Waals surface area contributed by atoms with Crippen LogP contribution >= 0.6 is 35.6 Å². The summed E-state index contributed by atoms with van der Waals surface area (Å²) in [4.78, 5) is 6.96. The van der Waals surface area contributed by atoms with Gasteiger partial charge in [-0.05, 0) is 36.2 Å². The standard InChI is InChI=1S/C8H6Cl2N2.ClH/c1-4-2-6-7(3-5(4)9)12-8(10)11-6;/h2-3H,1H3,(H,11,12);1H. The Balaban J connectivity index is 0.000000845. The van der Waals surface area contributed by atoms with Gasteiger partial charge in [-0.1, -0.05) is 11.6 Å². The summed E-state index contributed by atoms with van der Waals surface area (Å²) in [6.45, 7) is 1.93. The first kappa shape index (κ1) is 10.6. The highest BCUT2D eigenvalue weighted by molar-refractivity contribution is 6.32. The highest BCUT2D eigenvalue weighted by Crippen LogP contribution is 2.22. The van der Waals surface area contributed by atoms with Crippen molar-refractivity contribution in [3.63, 3.8) is 0 Å². The van der Waals surface area contributed by atoms with Crippen molar-refractivity contribution in [2.75, 3.05) is 0 Å². The zero-order chi connectivity index (χ0) is 8.72. The molecule has 0 aliphatic rings. The Morgan fingerprint density at radius 1 is 1.31 bits per heavy atom. The Bertz CT molecular complexity index is 397. The Hall–Kier alpha value is -0.440. The highest BCUT2D eigenvalue weighted by Gasteiger charge is 2.03. The third-order valence-electron chi connectivity index (χ3n) is 1.73. The van der Waals surface area contributed by atoms with Crippen LogP contribution in [-0.2, 0) is 0 Å². The molecule has 0 aliphatic heterocycles. The minimum atomic E-state index is 0. The molecule has 1 aromatic heterocycles. The number of benzene rings is 1. The molecule has 1 heterocycles. The second-order valence-electron chi connectivity index (χ2n) is 2.65. The van der Waals surface area contributed by atoms with Crippen LogP contribution in [-0.4, -0.2) is 9.97 Å². The second kappa shape index (κ2) is 3.74. The van der Waals surface area contributed by atoms with Gasteiger partial charge in [0.1, 0.15) is 0 Å². The van der Waals surface area contributed by atoms with E-state index in [-0.39, 0.29) is 12.4 Å². The van der Waals surface area contributed by atoms with Crippen molar-refractivity contribution in [3.8, 4) is 0 Å². The zero-order valence-electron chi connectivity index (χ0n) is 6.77. The van der Waals surface area contributed by atoms with Crippen LogP contribution in [0.25, 0.3) is 11.0 Å². The summed E-state index contributed by atoms with van der Waals surface area (Å²) in [5, 5.41) is 1.12. The lowest BCUT2D eigenvalue weighted by molar-refractivity contribution is 1.34. The maximum atomic E-state index is 5.91. The second-order valence-corrected chi connectivity index (χ2v) is 3.41. The molecule has 0 amide bonds. The van der Waals surface area contributed by atoms with E-state index in [0.29, 0.717) is 5.28 Å². The Kier molecular flexibility index (Phi) is 3.06. The molecule has 0 radical (unpaired) electrons. The van der Waals surface area contributed by atoms with E-state index in [1.54, 1.807) is 0 Å². The van der Waals surface area contributed by atoms with Crippen LogP contribution in [0, 0.1) is 6.92 Å². The molecule has 2 rings (SSSR count). The number of rotatable bonds is 0. The monoisotopic (exact) mass is 236 g/mol. The van der Waals surface area contributed by atoms with Gasteiger partial charge in [0.2, 0.25) is 5.28 Å².